The first-order valence-electron chi connectivity index (χ1n) is 8.71. The predicted molar refractivity (Wildman–Crippen MR) is 92.9 cm³/mol. The number of aryl methyl sites for hydroxylation is 2. The molecule has 0 bridgehead atoms. The van der Waals surface area contributed by atoms with Gasteiger partial charge in [0, 0.05) is 38.2 Å². The molecule has 1 fully saturated rings. The van der Waals surface area contributed by atoms with Crippen LogP contribution in [-0.4, -0.2) is 49.5 Å². The number of nitrogens with zero attached hydrogens (tertiary/aromatic N) is 4. The molecule has 3 rings (SSSR count). The Morgan fingerprint density at radius 3 is 2.96 bits per heavy atom. The van der Waals surface area contributed by atoms with Crippen LogP contribution in [0.4, 0.5) is 4.39 Å². The lowest BCUT2D eigenvalue weighted by Gasteiger charge is -2.17. The van der Waals surface area contributed by atoms with Gasteiger partial charge >= 0.3 is 5.69 Å². The molecule has 1 atom stereocenters. The third-order valence-corrected chi connectivity index (χ3v) is 4.40. The molecule has 0 spiro atoms. The predicted octanol–water partition coefficient (Wildman–Crippen LogP) is 0.0981. The summed E-state index contributed by atoms with van der Waals surface area (Å²) in [5, 5.41) is 0. The number of rotatable bonds is 6. The first-order valence-corrected chi connectivity index (χ1v) is 8.71. The monoisotopic (exact) mass is 377 g/mol. The molecule has 0 aliphatic carbocycles. The topological polar surface area (TPSA) is 110 Å². The molecule has 0 radical (unpaired) electrons. The Balaban J connectivity index is 1.55. The minimum Gasteiger partial charge on any atom is -0.470 e. The van der Waals surface area contributed by atoms with Crippen LogP contribution in [0.2, 0.25) is 0 Å². The van der Waals surface area contributed by atoms with Gasteiger partial charge in [-0.1, -0.05) is 6.92 Å². The van der Waals surface area contributed by atoms with Crippen molar-refractivity contribution in [1.29, 1.82) is 0 Å². The van der Waals surface area contributed by atoms with Gasteiger partial charge in [0.05, 0.1) is 12.2 Å². The van der Waals surface area contributed by atoms with E-state index < -0.39 is 17.1 Å². The fraction of sp³-hybridized carbons (Fsp3) is 0.471. The van der Waals surface area contributed by atoms with Gasteiger partial charge < -0.3 is 14.2 Å². The number of hydrogen-bond acceptors (Lipinski definition) is 6. The number of hydrogen-bond donors (Lipinski definition) is 1. The lowest BCUT2D eigenvalue weighted by atomic mass is 10.3. The van der Waals surface area contributed by atoms with E-state index in [1.807, 2.05) is 0 Å². The fourth-order valence-corrected chi connectivity index (χ4v) is 2.92. The Kier molecular flexibility index (Phi) is 5.63. The molecule has 0 aromatic carbocycles. The van der Waals surface area contributed by atoms with Gasteiger partial charge in [0.2, 0.25) is 11.7 Å². The maximum absolute atomic E-state index is 14.2. The van der Waals surface area contributed by atoms with Gasteiger partial charge in [-0.3, -0.25) is 14.6 Å². The van der Waals surface area contributed by atoms with Gasteiger partial charge in [-0.05, 0) is 6.42 Å². The third-order valence-electron chi connectivity index (χ3n) is 4.40. The van der Waals surface area contributed by atoms with Gasteiger partial charge in [-0.2, -0.15) is 9.37 Å². The Morgan fingerprint density at radius 2 is 2.22 bits per heavy atom. The number of ether oxygens (including phenoxy) is 1. The molecule has 144 valence electrons. The summed E-state index contributed by atoms with van der Waals surface area (Å²) >= 11 is 0. The van der Waals surface area contributed by atoms with Crippen molar-refractivity contribution in [2.45, 2.75) is 38.8 Å². The first-order chi connectivity index (χ1) is 13.0. The minimum absolute atomic E-state index is 0.0964. The van der Waals surface area contributed by atoms with Crippen molar-refractivity contribution in [3.05, 3.63) is 50.9 Å². The Morgan fingerprint density at radius 1 is 1.41 bits per heavy atom. The number of carbonyl (C=O) groups is 1. The van der Waals surface area contributed by atoms with Gasteiger partial charge in [-0.15, -0.1) is 0 Å². The zero-order chi connectivity index (χ0) is 19.4. The average molecular weight is 377 g/mol. The highest BCUT2D eigenvalue weighted by Crippen LogP contribution is 2.21. The van der Waals surface area contributed by atoms with E-state index in [9.17, 15) is 18.8 Å². The Labute approximate surface area is 153 Å². The van der Waals surface area contributed by atoms with Crippen molar-refractivity contribution in [2.24, 2.45) is 0 Å². The molecule has 10 heteroatoms. The van der Waals surface area contributed by atoms with E-state index in [2.05, 4.69) is 15.0 Å². The van der Waals surface area contributed by atoms with Gasteiger partial charge in [-0.25, -0.2) is 9.78 Å². The molecule has 1 aliphatic rings. The van der Waals surface area contributed by atoms with Crippen molar-refractivity contribution < 1.29 is 13.9 Å². The van der Waals surface area contributed by atoms with E-state index in [1.165, 1.54) is 23.2 Å². The largest absolute Gasteiger partial charge is 0.470 e. The van der Waals surface area contributed by atoms with Crippen molar-refractivity contribution in [3.8, 4) is 5.88 Å². The van der Waals surface area contributed by atoms with Crippen LogP contribution in [0.1, 0.15) is 25.5 Å². The van der Waals surface area contributed by atoms with Crippen LogP contribution in [0.15, 0.2) is 28.2 Å². The molecule has 9 nitrogen and oxygen atoms in total. The second-order valence-corrected chi connectivity index (χ2v) is 6.21. The van der Waals surface area contributed by atoms with Crippen LogP contribution in [0.25, 0.3) is 0 Å². The van der Waals surface area contributed by atoms with Gasteiger partial charge in [0.15, 0.2) is 0 Å². The summed E-state index contributed by atoms with van der Waals surface area (Å²) in [6.07, 6.45) is 3.38. The van der Waals surface area contributed by atoms with E-state index in [1.54, 1.807) is 11.8 Å². The molecule has 27 heavy (non-hydrogen) atoms. The van der Waals surface area contributed by atoms with Crippen molar-refractivity contribution in [1.82, 2.24) is 24.4 Å². The highest BCUT2D eigenvalue weighted by Gasteiger charge is 2.28. The number of aromatic nitrogens is 4. The second kappa shape index (κ2) is 8.11. The normalized spacial score (nSPS) is 16.5. The third kappa shape index (κ3) is 4.39. The summed E-state index contributed by atoms with van der Waals surface area (Å²) in [5.41, 5.74) is -0.744. The smallest absolute Gasteiger partial charge is 0.328 e. The lowest BCUT2D eigenvalue weighted by Crippen LogP contribution is -2.34. The maximum Gasteiger partial charge on any atom is 0.328 e. The number of aromatic amines is 1. The number of likely N-dealkylation sites (tertiary alicyclic amines) is 1. The van der Waals surface area contributed by atoms with E-state index in [0.717, 1.165) is 0 Å². The summed E-state index contributed by atoms with van der Waals surface area (Å²) in [6.45, 7) is 2.76. The van der Waals surface area contributed by atoms with Gasteiger partial charge in [0.25, 0.3) is 11.4 Å². The standard InChI is InChI=1S/C17H20FN5O4/c1-2-12-15(18)16(20-10-19-12)27-11-3-6-23(9-11)14(25)5-8-22-7-4-13(24)21-17(22)26/h4,7,10-11H,2-3,5-6,8-9H2,1H3,(H,21,24,26)/t11-/m0/s1. The SMILES string of the molecule is CCc1ncnc(O[C@H]2CCN(C(=O)CCn3ccc(=O)[nH]c3=O)C2)c1F. The highest BCUT2D eigenvalue weighted by atomic mass is 19.1. The summed E-state index contributed by atoms with van der Waals surface area (Å²) < 4.78 is 21.0. The molecule has 3 heterocycles. The van der Waals surface area contributed by atoms with Crippen molar-refractivity contribution in [3.63, 3.8) is 0 Å². The van der Waals surface area contributed by atoms with E-state index >= 15 is 0 Å². The molecule has 0 unspecified atom stereocenters. The highest BCUT2D eigenvalue weighted by molar-refractivity contribution is 5.76. The van der Waals surface area contributed by atoms with Crippen molar-refractivity contribution >= 4 is 5.91 Å². The minimum atomic E-state index is -0.567. The molecule has 1 saturated heterocycles. The van der Waals surface area contributed by atoms with E-state index in [4.69, 9.17) is 4.74 Å². The first kappa shape index (κ1) is 18.7. The number of halogens is 1. The summed E-state index contributed by atoms with van der Waals surface area (Å²) in [7, 11) is 0. The molecule has 2 aromatic rings. The van der Waals surface area contributed by atoms with Crippen LogP contribution >= 0.6 is 0 Å². The maximum atomic E-state index is 14.2. The molecule has 1 amide bonds. The average Bonchev–Trinajstić information content (AvgIpc) is 3.11. The quantitative estimate of drug-likeness (QED) is 0.764. The lowest BCUT2D eigenvalue weighted by molar-refractivity contribution is -0.130. The zero-order valence-corrected chi connectivity index (χ0v) is 14.9. The van der Waals surface area contributed by atoms with Crippen LogP contribution in [0, 0.1) is 5.82 Å². The summed E-state index contributed by atoms with van der Waals surface area (Å²) in [5.74, 6) is -0.806. The van der Waals surface area contributed by atoms with Crippen LogP contribution in [-0.2, 0) is 17.8 Å². The summed E-state index contributed by atoms with van der Waals surface area (Å²) in [4.78, 5) is 46.5. The number of nitrogens with one attached hydrogen (secondary N) is 1. The molecule has 1 aliphatic heterocycles. The van der Waals surface area contributed by atoms with E-state index in [-0.39, 0.29) is 36.6 Å². The molecular weight excluding hydrogens is 357 g/mol. The summed E-state index contributed by atoms with van der Waals surface area (Å²) in [6, 6.07) is 1.23. The zero-order valence-electron chi connectivity index (χ0n) is 14.9. The van der Waals surface area contributed by atoms with Crippen LogP contribution < -0.4 is 16.0 Å². The Bertz CT molecular complexity index is 941. The van der Waals surface area contributed by atoms with Crippen molar-refractivity contribution in [2.75, 3.05) is 13.1 Å². The molecule has 0 saturated carbocycles. The van der Waals surface area contributed by atoms with Crippen LogP contribution in [0.3, 0.4) is 0 Å². The molecule has 2 aromatic heterocycles. The Hall–Kier alpha value is -3.04. The number of H-pyrrole nitrogens is 1. The fourth-order valence-electron chi connectivity index (χ4n) is 2.92. The molecular formula is C17H20FN5O4. The van der Waals surface area contributed by atoms with Gasteiger partial charge in [0.1, 0.15) is 12.4 Å². The number of amides is 1. The number of carbonyl (C=O) groups excluding carboxylic acids is 1. The molecule has 1 N–H and O–H groups in total. The van der Waals surface area contributed by atoms with Crippen LogP contribution in [0.5, 0.6) is 5.88 Å². The van der Waals surface area contributed by atoms with E-state index in [0.29, 0.717) is 25.9 Å². The second-order valence-electron chi connectivity index (χ2n) is 6.21.